The number of methoxy groups -OCH3 is 1. The van der Waals surface area contributed by atoms with Crippen molar-refractivity contribution in [3.63, 3.8) is 0 Å². The minimum atomic E-state index is -0.353. The maximum Gasteiger partial charge on any atom is 0.256 e. The minimum Gasteiger partial charge on any atom is -0.494 e. The number of anilines is 1. The van der Waals surface area contributed by atoms with E-state index in [2.05, 4.69) is 4.90 Å². The van der Waals surface area contributed by atoms with Gasteiger partial charge in [0.15, 0.2) is 11.6 Å². The van der Waals surface area contributed by atoms with Gasteiger partial charge in [-0.05, 0) is 29.8 Å². The lowest BCUT2D eigenvalue weighted by Crippen LogP contribution is -2.48. The average molecular weight is 416 g/mol. The van der Waals surface area contributed by atoms with Gasteiger partial charge in [0.25, 0.3) is 5.91 Å². The molecule has 1 saturated heterocycles. The molecule has 3 rings (SSSR count). The fourth-order valence-corrected chi connectivity index (χ4v) is 3.04. The molecule has 2 N–H and O–H groups in total. The fraction of sp³-hybridized carbons (Fsp3) is 0.316. The first-order valence-corrected chi connectivity index (χ1v) is 8.27. The second-order valence-corrected chi connectivity index (χ2v) is 6.12. The number of halogens is 3. The molecule has 0 bridgehead atoms. The summed E-state index contributed by atoms with van der Waals surface area (Å²) in [5, 5.41) is 0. The topological polar surface area (TPSA) is 58.8 Å². The molecule has 1 amide bonds. The first-order valence-electron chi connectivity index (χ1n) is 8.27. The first kappa shape index (κ1) is 23.0. The van der Waals surface area contributed by atoms with Crippen molar-refractivity contribution >= 4 is 36.4 Å². The molecule has 27 heavy (non-hydrogen) atoms. The van der Waals surface area contributed by atoms with E-state index in [0.29, 0.717) is 30.9 Å². The van der Waals surface area contributed by atoms with Crippen molar-refractivity contribution in [3.05, 3.63) is 59.4 Å². The van der Waals surface area contributed by atoms with E-state index in [-0.39, 0.29) is 42.3 Å². The standard InChI is InChI=1S/C19H22FN3O2.2ClH/c1-25-18-7-6-14(12-16(18)20)13-22-8-10-23(11-9-22)19(24)15-4-2-3-5-17(15)21;;/h2-7,12H,8-11,13,21H2,1H3;2*1H. The van der Waals surface area contributed by atoms with Gasteiger partial charge in [-0.2, -0.15) is 0 Å². The zero-order valence-electron chi connectivity index (χ0n) is 15.1. The van der Waals surface area contributed by atoms with Crippen LogP contribution in [0.2, 0.25) is 0 Å². The molecule has 0 spiro atoms. The highest BCUT2D eigenvalue weighted by atomic mass is 35.5. The SMILES string of the molecule is COc1ccc(CN2CCN(C(=O)c3ccccc3N)CC2)cc1F.Cl.Cl. The summed E-state index contributed by atoms with van der Waals surface area (Å²) in [6.45, 7) is 3.40. The summed E-state index contributed by atoms with van der Waals surface area (Å²) in [7, 11) is 1.45. The minimum absolute atomic E-state index is 0. The van der Waals surface area contributed by atoms with Crippen LogP contribution in [0, 0.1) is 5.82 Å². The number of ether oxygens (including phenoxy) is 1. The van der Waals surface area contributed by atoms with Crippen LogP contribution < -0.4 is 10.5 Å². The molecule has 1 aliphatic rings. The Morgan fingerprint density at radius 3 is 2.37 bits per heavy atom. The number of benzene rings is 2. The van der Waals surface area contributed by atoms with Crippen LogP contribution in [-0.2, 0) is 6.54 Å². The molecule has 148 valence electrons. The molecule has 0 aromatic heterocycles. The molecular weight excluding hydrogens is 392 g/mol. The Hall–Kier alpha value is -2.02. The van der Waals surface area contributed by atoms with Crippen molar-refractivity contribution in [1.29, 1.82) is 0 Å². The molecule has 0 radical (unpaired) electrons. The Labute approximate surface area is 171 Å². The molecule has 0 aliphatic carbocycles. The molecule has 8 heteroatoms. The van der Waals surface area contributed by atoms with Gasteiger partial charge >= 0.3 is 0 Å². The number of rotatable bonds is 4. The lowest BCUT2D eigenvalue weighted by atomic mass is 10.1. The molecule has 1 aliphatic heterocycles. The third-order valence-electron chi connectivity index (χ3n) is 4.47. The van der Waals surface area contributed by atoms with Crippen LogP contribution in [0.15, 0.2) is 42.5 Å². The quantitative estimate of drug-likeness (QED) is 0.778. The summed E-state index contributed by atoms with van der Waals surface area (Å²) in [5.74, 6) is -0.138. The number of piperazine rings is 1. The Bertz CT molecular complexity index is 768. The number of nitrogens with zero attached hydrogens (tertiary/aromatic N) is 2. The second-order valence-electron chi connectivity index (χ2n) is 6.12. The first-order chi connectivity index (χ1) is 12.1. The number of carbonyl (C=O) groups is 1. The number of nitrogen functional groups attached to an aromatic ring is 1. The molecule has 2 aromatic carbocycles. The van der Waals surface area contributed by atoms with Crippen molar-refractivity contribution in [2.24, 2.45) is 0 Å². The average Bonchev–Trinajstić information content (AvgIpc) is 2.62. The number of amides is 1. The summed E-state index contributed by atoms with van der Waals surface area (Å²) in [6.07, 6.45) is 0. The predicted octanol–water partition coefficient (Wildman–Crippen LogP) is 3.22. The summed E-state index contributed by atoms with van der Waals surface area (Å²) in [6, 6.07) is 12.1. The predicted molar refractivity (Wildman–Crippen MR) is 109 cm³/mol. The van der Waals surface area contributed by atoms with Crippen LogP contribution in [0.1, 0.15) is 15.9 Å². The summed E-state index contributed by atoms with van der Waals surface area (Å²) >= 11 is 0. The second kappa shape index (κ2) is 10.3. The van der Waals surface area contributed by atoms with E-state index in [4.69, 9.17) is 10.5 Å². The number of hydrogen-bond acceptors (Lipinski definition) is 4. The van der Waals surface area contributed by atoms with Crippen LogP contribution in [0.3, 0.4) is 0 Å². The van der Waals surface area contributed by atoms with Crippen molar-refractivity contribution in [2.45, 2.75) is 6.54 Å². The van der Waals surface area contributed by atoms with Gasteiger partial charge < -0.3 is 15.4 Å². The molecule has 2 aromatic rings. The van der Waals surface area contributed by atoms with Gasteiger partial charge in [-0.15, -0.1) is 24.8 Å². The number of carbonyl (C=O) groups excluding carboxylic acids is 1. The van der Waals surface area contributed by atoms with E-state index < -0.39 is 0 Å². The number of para-hydroxylation sites is 1. The normalized spacial score (nSPS) is 14.1. The molecule has 0 unspecified atom stereocenters. The summed E-state index contributed by atoms with van der Waals surface area (Å²) < 4.78 is 18.7. The van der Waals surface area contributed by atoms with Gasteiger partial charge in [0.05, 0.1) is 12.7 Å². The van der Waals surface area contributed by atoms with Gasteiger partial charge in [-0.3, -0.25) is 9.69 Å². The van der Waals surface area contributed by atoms with Crippen molar-refractivity contribution in [2.75, 3.05) is 39.0 Å². The molecule has 1 heterocycles. The maximum atomic E-state index is 13.8. The molecule has 0 atom stereocenters. The Morgan fingerprint density at radius 1 is 1.11 bits per heavy atom. The van der Waals surface area contributed by atoms with Crippen LogP contribution in [0.4, 0.5) is 10.1 Å². The molecule has 0 saturated carbocycles. The van der Waals surface area contributed by atoms with Crippen molar-refractivity contribution in [1.82, 2.24) is 9.80 Å². The van der Waals surface area contributed by atoms with Gasteiger partial charge in [0.1, 0.15) is 0 Å². The van der Waals surface area contributed by atoms with Crippen LogP contribution in [0.5, 0.6) is 5.75 Å². The zero-order chi connectivity index (χ0) is 17.8. The third kappa shape index (κ3) is 5.48. The monoisotopic (exact) mass is 415 g/mol. The Morgan fingerprint density at radius 2 is 1.78 bits per heavy atom. The smallest absolute Gasteiger partial charge is 0.256 e. The highest BCUT2D eigenvalue weighted by molar-refractivity contribution is 5.99. The van der Waals surface area contributed by atoms with Gasteiger partial charge in [-0.25, -0.2) is 4.39 Å². The maximum absolute atomic E-state index is 13.8. The molecular formula is C19H24Cl2FN3O2. The van der Waals surface area contributed by atoms with Crippen molar-refractivity contribution in [3.8, 4) is 5.75 Å². The van der Waals surface area contributed by atoms with Crippen LogP contribution in [0.25, 0.3) is 0 Å². The van der Waals surface area contributed by atoms with E-state index in [1.165, 1.54) is 13.2 Å². The van der Waals surface area contributed by atoms with E-state index >= 15 is 0 Å². The Balaban J connectivity index is 0.00000182. The highest BCUT2D eigenvalue weighted by Crippen LogP contribution is 2.20. The summed E-state index contributed by atoms with van der Waals surface area (Å²) in [5.41, 5.74) is 7.84. The largest absolute Gasteiger partial charge is 0.494 e. The van der Waals surface area contributed by atoms with E-state index in [1.54, 1.807) is 18.2 Å². The van der Waals surface area contributed by atoms with Crippen LogP contribution in [-0.4, -0.2) is 49.0 Å². The van der Waals surface area contributed by atoms with E-state index in [1.807, 2.05) is 23.1 Å². The fourth-order valence-electron chi connectivity index (χ4n) is 3.04. The molecule has 5 nitrogen and oxygen atoms in total. The lowest BCUT2D eigenvalue weighted by Gasteiger charge is -2.35. The van der Waals surface area contributed by atoms with E-state index in [9.17, 15) is 9.18 Å². The van der Waals surface area contributed by atoms with Crippen molar-refractivity contribution < 1.29 is 13.9 Å². The lowest BCUT2D eigenvalue weighted by molar-refractivity contribution is 0.0629. The van der Waals surface area contributed by atoms with E-state index in [0.717, 1.165) is 18.7 Å². The number of nitrogens with two attached hydrogens (primary N) is 1. The summed E-state index contributed by atoms with van der Waals surface area (Å²) in [4.78, 5) is 16.6. The zero-order valence-corrected chi connectivity index (χ0v) is 16.7. The Kier molecular flexibility index (Phi) is 8.82. The van der Waals surface area contributed by atoms with Crippen LogP contribution >= 0.6 is 24.8 Å². The van der Waals surface area contributed by atoms with Gasteiger partial charge in [-0.1, -0.05) is 18.2 Å². The van der Waals surface area contributed by atoms with Gasteiger partial charge in [0.2, 0.25) is 0 Å². The van der Waals surface area contributed by atoms with Gasteiger partial charge in [0, 0.05) is 38.4 Å². The molecule has 1 fully saturated rings. The third-order valence-corrected chi connectivity index (χ3v) is 4.47. The highest BCUT2D eigenvalue weighted by Gasteiger charge is 2.23. The number of hydrogen-bond donors (Lipinski definition) is 1.